The Morgan fingerprint density at radius 2 is 2.15 bits per heavy atom. The maximum absolute atomic E-state index is 10.4. The van der Waals surface area contributed by atoms with E-state index >= 15 is 0 Å². The van der Waals surface area contributed by atoms with Crippen LogP contribution in [-0.2, 0) is 19.1 Å². The Balaban J connectivity index is 4.12. The lowest BCUT2D eigenvalue weighted by molar-refractivity contribution is -0.219. The Kier molecular flexibility index (Phi) is 4.58. The number of methoxy groups -OCH3 is 1. The predicted octanol–water partition coefficient (Wildman–Crippen LogP) is 0.428. The first-order valence-electron chi connectivity index (χ1n) is 3.81. The minimum absolute atomic E-state index is 0.351. The summed E-state index contributed by atoms with van der Waals surface area (Å²) in [6.07, 6.45) is -0.863. The summed E-state index contributed by atoms with van der Waals surface area (Å²) in [6.45, 7) is 3.21. The molecular formula is C8H14O5. The minimum Gasteiger partial charge on any atom is -0.481 e. The van der Waals surface area contributed by atoms with Crippen LogP contribution < -0.4 is 0 Å². The average molecular weight is 190 g/mol. The van der Waals surface area contributed by atoms with E-state index in [9.17, 15) is 9.59 Å². The van der Waals surface area contributed by atoms with E-state index in [0.717, 1.165) is 0 Å². The molecule has 0 rings (SSSR count). The van der Waals surface area contributed by atoms with Crippen molar-refractivity contribution in [2.24, 2.45) is 0 Å². The number of aliphatic carboxylic acids is 1. The number of carbonyl (C=O) groups is 2. The lowest BCUT2D eigenvalue weighted by Gasteiger charge is -2.26. The van der Waals surface area contributed by atoms with E-state index < -0.39 is 17.9 Å². The second-order valence-electron chi connectivity index (χ2n) is 2.99. The molecule has 76 valence electrons. The first-order chi connectivity index (χ1) is 5.91. The highest BCUT2D eigenvalue weighted by Gasteiger charge is 2.24. The normalized spacial score (nSPS) is 13.8. The van der Waals surface area contributed by atoms with E-state index in [4.69, 9.17) is 14.6 Å². The molecule has 1 unspecified atom stereocenters. The second-order valence-corrected chi connectivity index (χ2v) is 2.99. The van der Waals surface area contributed by atoms with Crippen LogP contribution in [0, 0.1) is 0 Å². The van der Waals surface area contributed by atoms with Gasteiger partial charge in [0.1, 0.15) is 12.4 Å². The maximum atomic E-state index is 10.4. The number of aldehydes is 1. The van der Waals surface area contributed by atoms with Crippen LogP contribution in [-0.4, -0.2) is 36.4 Å². The quantitative estimate of drug-likeness (QED) is 0.485. The summed E-state index contributed by atoms with van der Waals surface area (Å²) in [5, 5.41) is 8.40. The molecule has 0 aliphatic carbocycles. The summed E-state index contributed by atoms with van der Waals surface area (Å²) < 4.78 is 9.95. The zero-order valence-electron chi connectivity index (χ0n) is 7.94. The van der Waals surface area contributed by atoms with Crippen molar-refractivity contribution in [2.45, 2.75) is 32.2 Å². The van der Waals surface area contributed by atoms with Gasteiger partial charge in [0.25, 0.3) is 0 Å². The van der Waals surface area contributed by atoms with Crippen molar-refractivity contribution in [2.75, 3.05) is 7.11 Å². The summed E-state index contributed by atoms with van der Waals surface area (Å²) in [4.78, 5) is 20.7. The summed E-state index contributed by atoms with van der Waals surface area (Å²) in [6, 6.07) is 0. The Labute approximate surface area is 76.6 Å². The van der Waals surface area contributed by atoms with Gasteiger partial charge in [0, 0.05) is 7.11 Å². The number of hydrogen-bond acceptors (Lipinski definition) is 4. The molecule has 0 radical (unpaired) electrons. The molecule has 13 heavy (non-hydrogen) atoms. The van der Waals surface area contributed by atoms with Crippen molar-refractivity contribution in [3.05, 3.63) is 0 Å². The molecule has 0 fully saturated rings. The molecule has 0 saturated carbocycles. The third-order valence-electron chi connectivity index (χ3n) is 1.45. The van der Waals surface area contributed by atoms with Crippen LogP contribution in [0.25, 0.3) is 0 Å². The average Bonchev–Trinajstić information content (AvgIpc) is 2.02. The van der Waals surface area contributed by atoms with E-state index in [0.29, 0.717) is 6.29 Å². The summed E-state index contributed by atoms with van der Waals surface area (Å²) in [5.41, 5.74) is 0. The van der Waals surface area contributed by atoms with Gasteiger partial charge in [-0.05, 0) is 13.8 Å². The van der Waals surface area contributed by atoms with Crippen LogP contribution in [0.2, 0.25) is 0 Å². The molecule has 0 saturated heterocycles. The third kappa shape index (κ3) is 5.32. The standard InChI is InChI=1S/C8H14O5/c1-8(2,12-3)13-6(5-9)4-7(10)11/h5-6H,4H2,1-3H3,(H,10,11). The second kappa shape index (κ2) is 4.94. The van der Waals surface area contributed by atoms with Gasteiger partial charge in [0.15, 0.2) is 5.79 Å². The molecule has 1 atom stereocenters. The number of hydrogen-bond donors (Lipinski definition) is 1. The van der Waals surface area contributed by atoms with Crippen LogP contribution in [0.15, 0.2) is 0 Å². The number of rotatable bonds is 6. The van der Waals surface area contributed by atoms with Crippen molar-refractivity contribution in [1.82, 2.24) is 0 Å². The molecule has 0 aromatic rings. The molecule has 1 N–H and O–H groups in total. The molecular weight excluding hydrogens is 176 g/mol. The lowest BCUT2D eigenvalue weighted by Crippen LogP contribution is -2.34. The molecule has 0 aromatic heterocycles. The monoisotopic (exact) mass is 190 g/mol. The first-order valence-corrected chi connectivity index (χ1v) is 3.81. The third-order valence-corrected chi connectivity index (χ3v) is 1.45. The predicted molar refractivity (Wildman–Crippen MR) is 44.3 cm³/mol. The van der Waals surface area contributed by atoms with E-state index in [-0.39, 0.29) is 6.42 Å². The number of ether oxygens (including phenoxy) is 2. The zero-order valence-corrected chi connectivity index (χ0v) is 7.94. The summed E-state index contributed by atoms with van der Waals surface area (Å²) in [7, 11) is 1.42. The Bertz CT molecular complexity index is 187. The Morgan fingerprint density at radius 1 is 1.62 bits per heavy atom. The zero-order chi connectivity index (χ0) is 10.5. The highest BCUT2D eigenvalue weighted by atomic mass is 16.7. The molecule has 0 amide bonds. The fourth-order valence-corrected chi connectivity index (χ4v) is 0.702. The summed E-state index contributed by atoms with van der Waals surface area (Å²) in [5.74, 6) is -2.02. The smallest absolute Gasteiger partial charge is 0.306 e. The van der Waals surface area contributed by atoms with Crippen molar-refractivity contribution in [3.63, 3.8) is 0 Å². The molecule has 0 heterocycles. The molecule has 0 bridgehead atoms. The highest BCUT2D eigenvalue weighted by Crippen LogP contribution is 2.13. The number of carboxylic acid groups (broad SMARTS) is 1. The van der Waals surface area contributed by atoms with Crippen LogP contribution in [0.1, 0.15) is 20.3 Å². The Hall–Kier alpha value is -0.940. The highest BCUT2D eigenvalue weighted by molar-refractivity contribution is 5.73. The maximum Gasteiger partial charge on any atom is 0.306 e. The van der Waals surface area contributed by atoms with Gasteiger partial charge >= 0.3 is 5.97 Å². The summed E-state index contributed by atoms with van der Waals surface area (Å²) >= 11 is 0. The molecule has 0 spiro atoms. The van der Waals surface area contributed by atoms with Crippen molar-refractivity contribution < 1.29 is 24.2 Å². The van der Waals surface area contributed by atoms with Gasteiger partial charge in [-0.25, -0.2) is 0 Å². The Morgan fingerprint density at radius 3 is 2.46 bits per heavy atom. The van der Waals surface area contributed by atoms with Gasteiger partial charge in [-0.2, -0.15) is 0 Å². The van der Waals surface area contributed by atoms with Crippen LogP contribution in [0.5, 0.6) is 0 Å². The SMILES string of the molecule is COC(C)(C)OC(C=O)CC(=O)O. The number of carboxylic acids is 1. The fraction of sp³-hybridized carbons (Fsp3) is 0.750. The van der Waals surface area contributed by atoms with Gasteiger partial charge in [-0.1, -0.05) is 0 Å². The van der Waals surface area contributed by atoms with Gasteiger partial charge < -0.3 is 19.4 Å². The van der Waals surface area contributed by atoms with Gasteiger partial charge in [-0.3, -0.25) is 4.79 Å². The van der Waals surface area contributed by atoms with Crippen molar-refractivity contribution >= 4 is 12.3 Å². The molecule has 0 aliphatic heterocycles. The van der Waals surface area contributed by atoms with E-state index in [2.05, 4.69) is 0 Å². The van der Waals surface area contributed by atoms with Gasteiger partial charge in [0.2, 0.25) is 0 Å². The molecule has 0 aromatic carbocycles. The van der Waals surface area contributed by atoms with Crippen molar-refractivity contribution in [3.8, 4) is 0 Å². The molecule has 0 aliphatic rings. The first kappa shape index (κ1) is 12.1. The fourth-order valence-electron chi connectivity index (χ4n) is 0.702. The van der Waals surface area contributed by atoms with Gasteiger partial charge in [-0.15, -0.1) is 0 Å². The topological polar surface area (TPSA) is 72.8 Å². The van der Waals surface area contributed by atoms with Crippen LogP contribution in [0.3, 0.4) is 0 Å². The van der Waals surface area contributed by atoms with E-state index in [1.54, 1.807) is 13.8 Å². The van der Waals surface area contributed by atoms with Crippen LogP contribution >= 0.6 is 0 Å². The minimum atomic E-state index is -1.08. The van der Waals surface area contributed by atoms with Crippen molar-refractivity contribution in [1.29, 1.82) is 0 Å². The molecule has 5 nitrogen and oxygen atoms in total. The molecule has 5 heteroatoms. The largest absolute Gasteiger partial charge is 0.481 e. The van der Waals surface area contributed by atoms with E-state index in [1.165, 1.54) is 7.11 Å². The van der Waals surface area contributed by atoms with Crippen LogP contribution in [0.4, 0.5) is 0 Å². The van der Waals surface area contributed by atoms with Gasteiger partial charge in [0.05, 0.1) is 6.42 Å². The van der Waals surface area contributed by atoms with E-state index in [1.807, 2.05) is 0 Å². The lowest BCUT2D eigenvalue weighted by atomic mass is 10.2. The number of carbonyl (C=O) groups excluding carboxylic acids is 1.